The summed E-state index contributed by atoms with van der Waals surface area (Å²) in [6.45, 7) is -0.118. The van der Waals surface area contributed by atoms with E-state index in [-0.39, 0.29) is 6.73 Å². The van der Waals surface area contributed by atoms with Gasteiger partial charge in [-0.05, 0) is 36.4 Å². The first-order chi connectivity index (χ1) is 11.2. The Hall–Kier alpha value is -3.06. The van der Waals surface area contributed by atoms with Gasteiger partial charge in [-0.15, -0.1) is 0 Å². The van der Waals surface area contributed by atoms with Crippen LogP contribution in [0.5, 0.6) is 5.75 Å². The Morgan fingerprint density at radius 2 is 2.04 bits per heavy atom. The number of esters is 1. The monoisotopic (exact) mass is 314 g/mol. The van der Waals surface area contributed by atoms with Crippen LogP contribution in [0.15, 0.2) is 42.5 Å². The number of hydroxylamine groups is 1. The van der Waals surface area contributed by atoms with E-state index >= 15 is 0 Å². The summed E-state index contributed by atoms with van der Waals surface area (Å²) in [5, 5.41) is 1.35. The fourth-order valence-electron chi connectivity index (χ4n) is 2.15. The third-order valence-corrected chi connectivity index (χ3v) is 3.37. The molecule has 0 amide bonds. The fraction of sp³-hybridized carbons (Fsp3) is 0.125. The number of anilines is 2. The maximum absolute atomic E-state index is 12.0. The molecule has 2 aromatic carbocycles. The third kappa shape index (κ3) is 2.95. The smallest absolute Gasteiger partial charge is 0.339 e. The Labute approximate surface area is 132 Å². The summed E-state index contributed by atoms with van der Waals surface area (Å²) in [7, 11) is 1.55. The van der Waals surface area contributed by atoms with Gasteiger partial charge in [-0.2, -0.15) is 10.0 Å². The van der Waals surface area contributed by atoms with Crippen LogP contribution in [-0.4, -0.2) is 26.1 Å². The third-order valence-electron chi connectivity index (χ3n) is 3.37. The van der Waals surface area contributed by atoms with Crippen LogP contribution in [0.25, 0.3) is 0 Å². The lowest BCUT2D eigenvalue weighted by molar-refractivity contribution is 0.0334. The van der Waals surface area contributed by atoms with Gasteiger partial charge in [0.1, 0.15) is 5.75 Å². The number of hydrogen-bond acceptors (Lipinski definition) is 7. The normalized spacial score (nSPS) is 12.3. The summed E-state index contributed by atoms with van der Waals surface area (Å²) in [5.74, 6) is 0.167. The molecule has 3 rings (SSSR count). The van der Waals surface area contributed by atoms with E-state index < -0.39 is 5.97 Å². The molecule has 0 aromatic heterocycles. The molecule has 1 aliphatic rings. The van der Waals surface area contributed by atoms with Crippen LogP contribution in [0, 0.1) is 0 Å². The van der Waals surface area contributed by atoms with Crippen LogP contribution in [0.3, 0.4) is 0 Å². The number of fused-ring (bicyclic) bond motifs is 1. The van der Waals surface area contributed by atoms with Crippen LogP contribution in [0.1, 0.15) is 20.7 Å². The van der Waals surface area contributed by atoms with E-state index in [4.69, 9.17) is 14.4 Å². The van der Waals surface area contributed by atoms with Gasteiger partial charge in [0.15, 0.2) is 13.0 Å². The van der Waals surface area contributed by atoms with E-state index in [2.05, 4.69) is 5.48 Å². The average Bonchev–Trinajstić information content (AvgIpc) is 3.03. The molecule has 1 heterocycles. The van der Waals surface area contributed by atoms with Crippen molar-refractivity contribution in [2.45, 2.75) is 0 Å². The zero-order chi connectivity index (χ0) is 16.2. The lowest BCUT2D eigenvalue weighted by Crippen LogP contribution is -2.25. The van der Waals surface area contributed by atoms with Crippen molar-refractivity contribution < 1.29 is 24.0 Å². The highest BCUT2D eigenvalue weighted by molar-refractivity contribution is 5.91. The second-order valence-electron chi connectivity index (χ2n) is 4.72. The molecule has 0 bridgehead atoms. The molecule has 0 atom stereocenters. The second kappa shape index (κ2) is 6.37. The lowest BCUT2D eigenvalue weighted by Gasteiger charge is -2.15. The zero-order valence-electron chi connectivity index (χ0n) is 12.3. The lowest BCUT2D eigenvalue weighted by atomic mass is 10.1. The summed E-state index contributed by atoms with van der Waals surface area (Å²) in [6.07, 6.45) is 0.724. The van der Waals surface area contributed by atoms with Crippen molar-refractivity contribution in [3.63, 3.8) is 0 Å². The number of aldehydes is 1. The van der Waals surface area contributed by atoms with Crippen LogP contribution in [0.4, 0.5) is 11.4 Å². The maximum Gasteiger partial charge on any atom is 0.339 e. The first kappa shape index (κ1) is 14.9. The largest absolute Gasteiger partial charge is 0.497 e. The number of benzene rings is 2. The van der Waals surface area contributed by atoms with E-state index in [1.165, 1.54) is 5.06 Å². The Bertz CT molecular complexity index is 730. The number of rotatable bonds is 5. The Morgan fingerprint density at radius 1 is 1.26 bits per heavy atom. The number of ether oxygens (including phenoxy) is 2. The molecule has 7 nitrogen and oxygen atoms in total. The van der Waals surface area contributed by atoms with Crippen molar-refractivity contribution in [3.05, 3.63) is 53.6 Å². The van der Waals surface area contributed by atoms with Gasteiger partial charge < -0.3 is 9.47 Å². The summed E-state index contributed by atoms with van der Waals surface area (Å²) in [6, 6.07) is 11.7. The van der Waals surface area contributed by atoms with E-state index in [1.54, 1.807) is 49.6 Å². The van der Waals surface area contributed by atoms with Gasteiger partial charge in [0.25, 0.3) is 0 Å². The number of carbonyl (C=O) groups is 2. The highest BCUT2D eigenvalue weighted by Gasteiger charge is 2.24. The summed E-state index contributed by atoms with van der Waals surface area (Å²) in [5.41, 5.74) is 4.67. The number of hydrogen-bond donors (Lipinski definition) is 1. The predicted molar refractivity (Wildman–Crippen MR) is 82.3 cm³/mol. The summed E-state index contributed by atoms with van der Waals surface area (Å²) in [4.78, 5) is 28.2. The second-order valence-corrected chi connectivity index (χ2v) is 4.72. The van der Waals surface area contributed by atoms with Gasteiger partial charge in [-0.25, -0.2) is 10.3 Å². The van der Waals surface area contributed by atoms with Crippen molar-refractivity contribution in [2.75, 3.05) is 24.4 Å². The minimum atomic E-state index is -0.490. The van der Waals surface area contributed by atoms with Crippen molar-refractivity contribution in [3.8, 4) is 5.75 Å². The summed E-state index contributed by atoms with van der Waals surface area (Å²) >= 11 is 0. The number of carbonyl (C=O) groups excluding carboxylic acids is 2. The molecule has 1 aliphatic heterocycles. The molecule has 0 unspecified atom stereocenters. The molecule has 0 saturated carbocycles. The number of nitrogens with one attached hydrogen (secondary N) is 1. The SMILES string of the molecule is COc1ccc(C(=O)OCN2ONc3c(C=O)cccc32)cc1. The highest BCUT2D eigenvalue weighted by Crippen LogP contribution is 2.34. The Morgan fingerprint density at radius 3 is 2.74 bits per heavy atom. The molecule has 0 fully saturated rings. The molecule has 0 spiro atoms. The fourth-order valence-corrected chi connectivity index (χ4v) is 2.15. The average molecular weight is 314 g/mol. The van der Waals surface area contributed by atoms with Gasteiger partial charge in [-0.3, -0.25) is 4.79 Å². The quantitative estimate of drug-likeness (QED) is 0.670. The van der Waals surface area contributed by atoms with Crippen LogP contribution >= 0.6 is 0 Å². The number of methoxy groups -OCH3 is 1. The van der Waals surface area contributed by atoms with E-state index in [1.807, 2.05) is 0 Å². The standard InChI is InChI=1S/C16H14N2O5/c1-21-13-7-5-11(6-8-13)16(20)22-10-18-14-4-2-3-12(9-19)15(14)17-23-18/h2-9,17H,10H2,1H3. The molecule has 23 heavy (non-hydrogen) atoms. The van der Waals surface area contributed by atoms with Gasteiger partial charge in [0.05, 0.1) is 24.0 Å². The molecule has 2 aromatic rings. The summed E-state index contributed by atoms with van der Waals surface area (Å²) < 4.78 is 10.2. The topological polar surface area (TPSA) is 77.1 Å². The van der Waals surface area contributed by atoms with Crippen molar-refractivity contribution in [1.29, 1.82) is 0 Å². The Balaban J connectivity index is 1.66. The van der Waals surface area contributed by atoms with Crippen molar-refractivity contribution in [1.82, 2.24) is 0 Å². The van der Waals surface area contributed by atoms with Gasteiger partial charge >= 0.3 is 5.97 Å². The molecule has 118 valence electrons. The molecule has 1 N–H and O–H groups in total. The Kier molecular flexibility index (Phi) is 4.11. The molecule has 0 saturated heterocycles. The minimum absolute atomic E-state index is 0.118. The van der Waals surface area contributed by atoms with E-state index in [0.29, 0.717) is 28.3 Å². The van der Waals surface area contributed by atoms with Gasteiger partial charge in [0.2, 0.25) is 0 Å². The molecule has 7 heteroatoms. The number of para-hydroxylation sites is 1. The molecule has 0 aliphatic carbocycles. The molecular weight excluding hydrogens is 300 g/mol. The molecular formula is C16H14N2O5. The van der Waals surface area contributed by atoms with Crippen LogP contribution in [0.2, 0.25) is 0 Å². The van der Waals surface area contributed by atoms with Crippen LogP contribution < -0.4 is 15.3 Å². The van der Waals surface area contributed by atoms with E-state index in [9.17, 15) is 9.59 Å². The van der Waals surface area contributed by atoms with Crippen molar-refractivity contribution >= 4 is 23.6 Å². The van der Waals surface area contributed by atoms with E-state index in [0.717, 1.165) is 6.29 Å². The first-order valence-corrected chi connectivity index (χ1v) is 6.83. The minimum Gasteiger partial charge on any atom is -0.497 e. The van der Waals surface area contributed by atoms with Gasteiger partial charge in [0, 0.05) is 5.56 Å². The van der Waals surface area contributed by atoms with Crippen molar-refractivity contribution in [2.24, 2.45) is 0 Å². The molecule has 0 radical (unpaired) electrons. The maximum atomic E-state index is 12.0. The predicted octanol–water partition coefficient (Wildman–Crippen LogP) is 2.40. The first-order valence-electron chi connectivity index (χ1n) is 6.83. The van der Waals surface area contributed by atoms with Crippen LogP contribution in [-0.2, 0) is 9.68 Å². The number of nitrogens with zero attached hydrogens (tertiary/aromatic N) is 1. The van der Waals surface area contributed by atoms with Gasteiger partial charge in [-0.1, -0.05) is 6.07 Å². The zero-order valence-corrected chi connectivity index (χ0v) is 12.3. The highest BCUT2D eigenvalue weighted by atomic mass is 16.8.